The van der Waals surface area contributed by atoms with Crippen molar-refractivity contribution in [1.29, 1.82) is 0 Å². The van der Waals surface area contributed by atoms with Gasteiger partial charge in [-0.25, -0.2) is 9.52 Å². The fourth-order valence-corrected chi connectivity index (χ4v) is 1.78. The van der Waals surface area contributed by atoms with Crippen molar-refractivity contribution in [1.82, 2.24) is 9.44 Å². The number of carbonyl (C=O) groups excluding carboxylic acids is 1. The van der Waals surface area contributed by atoms with E-state index in [1.165, 1.54) is 6.92 Å². The van der Waals surface area contributed by atoms with Gasteiger partial charge in [0.1, 0.15) is 0 Å². The predicted molar refractivity (Wildman–Crippen MR) is 58.5 cm³/mol. The van der Waals surface area contributed by atoms with Gasteiger partial charge in [-0.3, -0.25) is 4.79 Å². The van der Waals surface area contributed by atoms with Gasteiger partial charge in [-0.2, -0.15) is 13.1 Å². The maximum Gasteiger partial charge on any atom is 0.421 e. The Hall–Kier alpha value is -1.35. The molecule has 0 aliphatic carbocycles. The number of nitrogens with one attached hydrogen (secondary N) is 2. The van der Waals surface area contributed by atoms with Crippen LogP contribution in [-0.2, 0) is 19.7 Å². The van der Waals surface area contributed by atoms with E-state index in [1.807, 2.05) is 0 Å². The molecule has 0 aliphatic heterocycles. The second-order valence-corrected chi connectivity index (χ2v) is 4.88. The van der Waals surface area contributed by atoms with E-state index in [1.54, 1.807) is 11.6 Å². The van der Waals surface area contributed by atoms with Gasteiger partial charge in [-0.05, 0) is 12.8 Å². The largest absolute Gasteiger partial charge is 0.481 e. The topological polar surface area (TPSA) is 122 Å². The van der Waals surface area contributed by atoms with E-state index in [4.69, 9.17) is 5.11 Å². The zero-order valence-corrected chi connectivity index (χ0v) is 10.4. The number of carboxylic acids is 1. The highest BCUT2D eigenvalue weighted by atomic mass is 32.2. The summed E-state index contributed by atoms with van der Waals surface area (Å²) in [5, 5.41) is 8.46. The SMILES string of the molecule is CCOC(=O)NS(=O)(=O)NCC(C)CC(=O)O. The van der Waals surface area contributed by atoms with Crippen LogP contribution >= 0.6 is 0 Å². The summed E-state index contributed by atoms with van der Waals surface area (Å²) in [6, 6.07) is 0. The first-order valence-corrected chi connectivity index (χ1v) is 6.41. The van der Waals surface area contributed by atoms with Crippen molar-refractivity contribution in [3.05, 3.63) is 0 Å². The van der Waals surface area contributed by atoms with E-state index in [0.29, 0.717) is 0 Å². The Bertz CT molecular complexity index is 366. The normalized spacial score (nSPS) is 12.8. The monoisotopic (exact) mass is 268 g/mol. The molecule has 3 N–H and O–H groups in total. The molecule has 1 unspecified atom stereocenters. The van der Waals surface area contributed by atoms with Crippen LogP contribution in [0.15, 0.2) is 0 Å². The molecule has 0 aromatic rings. The molecule has 0 bridgehead atoms. The van der Waals surface area contributed by atoms with Crippen LogP contribution in [-0.4, -0.2) is 38.7 Å². The molecule has 0 aliphatic rings. The third kappa shape index (κ3) is 8.46. The van der Waals surface area contributed by atoms with E-state index in [0.717, 1.165) is 0 Å². The van der Waals surface area contributed by atoms with Gasteiger partial charge in [0, 0.05) is 13.0 Å². The molecule has 9 heteroatoms. The number of rotatable bonds is 7. The summed E-state index contributed by atoms with van der Waals surface area (Å²) in [5.41, 5.74) is 0. The Morgan fingerprint density at radius 1 is 1.41 bits per heavy atom. The molecule has 0 heterocycles. The van der Waals surface area contributed by atoms with Gasteiger partial charge in [0.15, 0.2) is 0 Å². The van der Waals surface area contributed by atoms with Crippen molar-refractivity contribution in [2.24, 2.45) is 5.92 Å². The van der Waals surface area contributed by atoms with Crippen LogP contribution in [0.2, 0.25) is 0 Å². The zero-order chi connectivity index (χ0) is 13.5. The van der Waals surface area contributed by atoms with Crippen molar-refractivity contribution in [3.8, 4) is 0 Å². The summed E-state index contributed by atoms with van der Waals surface area (Å²) < 4.78 is 30.5. The molecule has 0 rings (SSSR count). The molecule has 0 aromatic carbocycles. The third-order valence-corrected chi connectivity index (χ3v) is 2.62. The van der Waals surface area contributed by atoms with Gasteiger partial charge in [0.2, 0.25) is 0 Å². The highest BCUT2D eigenvalue weighted by molar-refractivity contribution is 7.88. The molecule has 0 spiro atoms. The third-order valence-electron chi connectivity index (χ3n) is 1.64. The van der Waals surface area contributed by atoms with E-state index in [2.05, 4.69) is 9.46 Å². The number of carboxylic acid groups (broad SMARTS) is 1. The highest BCUT2D eigenvalue weighted by Crippen LogP contribution is 1.99. The van der Waals surface area contributed by atoms with Crippen LogP contribution in [0.1, 0.15) is 20.3 Å². The van der Waals surface area contributed by atoms with Crippen LogP contribution in [0.4, 0.5) is 4.79 Å². The smallest absolute Gasteiger partial charge is 0.421 e. The van der Waals surface area contributed by atoms with Crippen LogP contribution in [0, 0.1) is 5.92 Å². The van der Waals surface area contributed by atoms with Crippen LogP contribution in [0.5, 0.6) is 0 Å². The van der Waals surface area contributed by atoms with Gasteiger partial charge in [-0.15, -0.1) is 0 Å². The molecule has 17 heavy (non-hydrogen) atoms. The maximum absolute atomic E-state index is 11.2. The van der Waals surface area contributed by atoms with Gasteiger partial charge < -0.3 is 9.84 Å². The lowest BCUT2D eigenvalue weighted by Gasteiger charge is -2.11. The lowest BCUT2D eigenvalue weighted by molar-refractivity contribution is -0.137. The second kappa shape index (κ2) is 7.07. The lowest BCUT2D eigenvalue weighted by atomic mass is 10.1. The Morgan fingerprint density at radius 3 is 2.47 bits per heavy atom. The Kier molecular flexibility index (Phi) is 6.51. The lowest BCUT2D eigenvalue weighted by Crippen LogP contribution is -2.42. The zero-order valence-electron chi connectivity index (χ0n) is 9.60. The molecule has 0 aromatic heterocycles. The quantitative estimate of drug-likeness (QED) is 0.581. The minimum Gasteiger partial charge on any atom is -0.481 e. The molecule has 0 fully saturated rings. The van der Waals surface area contributed by atoms with Crippen LogP contribution < -0.4 is 9.44 Å². The first-order chi connectivity index (χ1) is 7.76. The number of aliphatic carboxylic acids is 1. The van der Waals surface area contributed by atoms with Gasteiger partial charge in [0.25, 0.3) is 0 Å². The minimum absolute atomic E-state index is 0.0524. The fraction of sp³-hybridized carbons (Fsp3) is 0.750. The molecule has 0 saturated carbocycles. The molecule has 0 saturated heterocycles. The summed E-state index contributed by atoms with van der Waals surface area (Å²) in [6.07, 6.45) is -1.24. The fourth-order valence-electron chi connectivity index (χ4n) is 0.929. The first kappa shape index (κ1) is 15.7. The number of carbonyl (C=O) groups is 2. The maximum atomic E-state index is 11.2. The van der Waals surface area contributed by atoms with E-state index in [9.17, 15) is 18.0 Å². The average Bonchev–Trinajstić information content (AvgIpc) is 2.13. The van der Waals surface area contributed by atoms with Gasteiger partial charge in [-0.1, -0.05) is 6.92 Å². The van der Waals surface area contributed by atoms with E-state index in [-0.39, 0.29) is 25.5 Å². The highest BCUT2D eigenvalue weighted by Gasteiger charge is 2.16. The molecular formula is C8H16N2O6S. The number of ether oxygens (including phenoxy) is 1. The predicted octanol–water partition coefficient (Wildman–Crippen LogP) is -0.322. The van der Waals surface area contributed by atoms with Crippen LogP contribution in [0.3, 0.4) is 0 Å². The second-order valence-electron chi connectivity index (χ2n) is 3.38. The van der Waals surface area contributed by atoms with E-state index < -0.39 is 22.3 Å². The number of hydrogen-bond donors (Lipinski definition) is 3. The molecular weight excluding hydrogens is 252 g/mol. The van der Waals surface area contributed by atoms with Crippen molar-refractivity contribution < 1.29 is 27.9 Å². The molecule has 8 nitrogen and oxygen atoms in total. The van der Waals surface area contributed by atoms with Gasteiger partial charge in [0.05, 0.1) is 6.61 Å². The van der Waals surface area contributed by atoms with E-state index >= 15 is 0 Å². The minimum atomic E-state index is -4.00. The summed E-state index contributed by atoms with van der Waals surface area (Å²) in [7, 11) is -4.00. The van der Waals surface area contributed by atoms with Crippen LogP contribution in [0.25, 0.3) is 0 Å². The summed E-state index contributed by atoms with van der Waals surface area (Å²) >= 11 is 0. The Morgan fingerprint density at radius 2 is 2.00 bits per heavy atom. The summed E-state index contributed by atoms with van der Waals surface area (Å²) in [4.78, 5) is 21.2. The first-order valence-electron chi connectivity index (χ1n) is 4.92. The average molecular weight is 268 g/mol. The van der Waals surface area contributed by atoms with Gasteiger partial charge >= 0.3 is 22.3 Å². The summed E-state index contributed by atoms with van der Waals surface area (Å²) in [6.45, 7) is 3.08. The van der Waals surface area contributed by atoms with Crippen molar-refractivity contribution in [2.45, 2.75) is 20.3 Å². The number of amides is 1. The van der Waals surface area contributed by atoms with Crippen molar-refractivity contribution >= 4 is 22.3 Å². The standard InChI is InChI=1S/C8H16N2O6S/c1-3-16-8(13)10-17(14,15)9-5-6(2)4-7(11)12/h6,9H,3-5H2,1-2H3,(H,10,13)(H,11,12). The molecule has 0 radical (unpaired) electrons. The number of hydrogen-bond acceptors (Lipinski definition) is 5. The Balaban J connectivity index is 4.10. The molecule has 1 amide bonds. The van der Waals surface area contributed by atoms with Crippen molar-refractivity contribution in [2.75, 3.05) is 13.2 Å². The molecule has 100 valence electrons. The summed E-state index contributed by atoms with van der Waals surface area (Å²) in [5.74, 6) is -1.40. The molecule has 1 atom stereocenters. The van der Waals surface area contributed by atoms with Crippen molar-refractivity contribution in [3.63, 3.8) is 0 Å². The Labute approximate surface area is 99.5 Å².